The minimum atomic E-state index is -0.668. The van der Waals surface area contributed by atoms with Crippen LogP contribution >= 0.6 is 0 Å². The Labute approximate surface area is 191 Å². The molecule has 3 N–H and O–H groups in total. The first kappa shape index (κ1) is 22.1. The van der Waals surface area contributed by atoms with Crippen LogP contribution in [0.2, 0.25) is 0 Å². The molecule has 3 fully saturated rings. The number of nitrogens with one attached hydrogen (secondary N) is 1. The summed E-state index contributed by atoms with van der Waals surface area (Å²) < 4.78 is 5.84. The molecule has 0 radical (unpaired) electrons. The molecule has 1 aromatic rings. The van der Waals surface area contributed by atoms with Gasteiger partial charge in [0.2, 0.25) is 0 Å². The van der Waals surface area contributed by atoms with Crippen LogP contribution in [-0.4, -0.2) is 53.6 Å². The van der Waals surface area contributed by atoms with Gasteiger partial charge in [0.25, 0.3) is 0 Å². The number of benzene rings is 1. The van der Waals surface area contributed by atoms with Crippen molar-refractivity contribution in [3.63, 3.8) is 0 Å². The van der Waals surface area contributed by atoms with Gasteiger partial charge in [0.05, 0.1) is 31.3 Å². The summed E-state index contributed by atoms with van der Waals surface area (Å²) in [6, 6.07) is 10.2. The predicted octanol–water partition coefficient (Wildman–Crippen LogP) is 1.92. The van der Waals surface area contributed by atoms with Crippen LogP contribution in [0.4, 0.5) is 0 Å². The van der Waals surface area contributed by atoms with Gasteiger partial charge in [-0.05, 0) is 24.3 Å². The molecule has 2 heterocycles. The number of fused-ring (bicyclic) bond motifs is 2. The molecule has 5 heteroatoms. The van der Waals surface area contributed by atoms with Crippen LogP contribution in [0.25, 0.3) is 0 Å². The molecule has 1 aromatic carbocycles. The van der Waals surface area contributed by atoms with Gasteiger partial charge in [0, 0.05) is 37.0 Å². The average Bonchev–Trinajstić information content (AvgIpc) is 3.08. The van der Waals surface area contributed by atoms with Crippen LogP contribution in [0.3, 0.4) is 0 Å². The largest absolute Gasteiger partial charge is 0.461 e. The van der Waals surface area contributed by atoms with E-state index >= 15 is 0 Å². The SMILES string of the molecule is C[C@H]1CCC=C2C[C@H]3OC(=O)[C@@H](C[NH+]4CCC(O)(Cc5ccccc5)CC4)[C@H]3[C@@H](O)[C@@]21C. The van der Waals surface area contributed by atoms with Gasteiger partial charge in [-0.2, -0.15) is 0 Å². The van der Waals surface area contributed by atoms with E-state index in [9.17, 15) is 15.0 Å². The maximum absolute atomic E-state index is 12.9. The first-order valence-corrected chi connectivity index (χ1v) is 12.5. The molecule has 0 amide bonds. The number of rotatable bonds is 4. The number of hydrogen-bond acceptors (Lipinski definition) is 4. The molecule has 2 saturated heterocycles. The maximum Gasteiger partial charge on any atom is 0.315 e. The van der Waals surface area contributed by atoms with Crippen LogP contribution in [0.15, 0.2) is 42.0 Å². The smallest absolute Gasteiger partial charge is 0.315 e. The Balaban J connectivity index is 1.26. The normalized spacial score (nSPS) is 43.8. The molecule has 4 aliphatic rings. The Morgan fingerprint density at radius 1 is 1.19 bits per heavy atom. The van der Waals surface area contributed by atoms with E-state index in [1.807, 2.05) is 18.2 Å². The third kappa shape index (κ3) is 3.72. The van der Waals surface area contributed by atoms with Gasteiger partial charge in [0.1, 0.15) is 12.0 Å². The first-order valence-electron chi connectivity index (χ1n) is 12.5. The molecule has 1 saturated carbocycles. The predicted molar refractivity (Wildman–Crippen MR) is 122 cm³/mol. The van der Waals surface area contributed by atoms with Crippen molar-refractivity contribution in [3.05, 3.63) is 47.5 Å². The van der Waals surface area contributed by atoms with Crippen molar-refractivity contribution in [3.8, 4) is 0 Å². The third-order valence-corrected chi connectivity index (χ3v) is 9.34. The van der Waals surface area contributed by atoms with Crippen molar-refractivity contribution in [1.29, 1.82) is 0 Å². The van der Waals surface area contributed by atoms with Gasteiger partial charge in [-0.3, -0.25) is 4.79 Å². The molecule has 0 unspecified atom stereocenters. The van der Waals surface area contributed by atoms with Crippen molar-refractivity contribution in [2.45, 2.75) is 70.2 Å². The second-order valence-electron chi connectivity index (χ2n) is 11.1. The lowest BCUT2D eigenvalue weighted by Gasteiger charge is -2.51. The third-order valence-electron chi connectivity index (χ3n) is 9.34. The van der Waals surface area contributed by atoms with Crippen LogP contribution < -0.4 is 4.90 Å². The van der Waals surface area contributed by atoms with Gasteiger partial charge in [-0.25, -0.2) is 0 Å². The van der Waals surface area contributed by atoms with E-state index in [0.717, 1.165) is 45.2 Å². The maximum atomic E-state index is 12.9. The number of carbonyl (C=O) groups excluding carboxylic acids is 1. The fourth-order valence-corrected chi connectivity index (χ4v) is 7.03. The Kier molecular flexibility index (Phi) is 5.71. The van der Waals surface area contributed by atoms with Gasteiger partial charge in [-0.15, -0.1) is 0 Å². The molecule has 5 nitrogen and oxygen atoms in total. The molecule has 0 spiro atoms. The van der Waals surface area contributed by atoms with E-state index in [-0.39, 0.29) is 29.3 Å². The molecule has 32 heavy (non-hydrogen) atoms. The topological polar surface area (TPSA) is 71.2 Å². The lowest BCUT2D eigenvalue weighted by molar-refractivity contribution is -0.910. The van der Waals surface area contributed by atoms with Gasteiger partial charge in [0.15, 0.2) is 0 Å². The second kappa shape index (κ2) is 8.27. The van der Waals surface area contributed by atoms with Crippen molar-refractivity contribution in [2.24, 2.45) is 23.2 Å². The molecule has 174 valence electrons. The van der Waals surface area contributed by atoms with Gasteiger partial charge >= 0.3 is 5.97 Å². The number of carbonyl (C=O) groups is 1. The van der Waals surface area contributed by atoms with E-state index in [2.05, 4.69) is 32.1 Å². The van der Waals surface area contributed by atoms with Crippen LogP contribution in [0.1, 0.15) is 51.5 Å². The van der Waals surface area contributed by atoms with Gasteiger partial charge < -0.3 is 19.8 Å². The molecular weight excluding hydrogens is 402 g/mol. The summed E-state index contributed by atoms with van der Waals surface area (Å²) in [6.07, 6.45) is 6.62. The Hall–Kier alpha value is -1.69. The summed E-state index contributed by atoms with van der Waals surface area (Å²) in [5.41, 5.74) is 1.54. The Bertz CT molecular complexity index is 875. The fraction of sp³-hybridized carbons (Fsp3) is 0.667. The number of esters is 1. The van der Waals surface area contributed by atoms with Crippen LogP contribution in [0, 0.1) is 23.2 Å². The number of likely N-dealkylation sites (tertiary alicyclic amines) is 1. The molecule has 0 bridgehead atoms. The minimum Gasteiger partial charge on any atom is -0.461 e. The van der Waals surface area contributed by atoms with E-state index < -0.39 is 11.7 Å². The summed E-state index contributed by atoms with van der Waals surface area (Å²) in [5.74, 6) is -0.0991. The summed E-state index contributed by atoms with van der Waals surface area (Å²) in [5, 5.41) is 22.7. The highest BCUT2D eigenvalue weighted by atomic mass is 16.6. The van der Waals surface area contributed by atoms with Crippen molar-refractivity contribution in [1.82, 2.24) is 0 Å². The summed E-state index contributed by atoms with van der Waals surface area (Å²) in [7, 11) is 0. The number of allylic oxidation sites excluding steroid dienone is 1. The second-order valence-corrected chi connectivity index (χ2v) is 11.1. The molecule has 6 atom stereocenters. The van der Waals surface area contributed by atoms with Crippen molar-refractivity contribution < 1.29 is 24.6 Å². The summed E-state index contributed by atoms with van der Waals surface area (Å²) >= 11 is 0. The zero-order chi connectivity index (χ0) is 22.5. The number of piperidine rings is 1. The fourth-order valence-electron chi connectivity index (χ4n) is 7.03. The number of aliphatic hydroxyl groups excluding tert-OH is 1. The lowest BCUT2D eigenvalue weighted by Crippen LogP contribution is -3.14. The molecule has 2 aliphatic carbocycles. The monoisotopic (exact) mass is 440 g/mol. The number of ether oxygens (including phenoxy) is 1. The number of quaternary nitrogens is 1. The number of aliphatic hydroxyl groups is 2. The Morgan fingerprint density at radius 3 is 2.62 bits per heavy atom. The summed E-state index contributed by atoms with van der Waals surface area (Å²) in [6.45, 7) is 6.83. The van der Waals surface area contributed by atoms with Crippen LogP contribution in [-0.2, 0) is 16.0 Å². The minimum absolute atomic E-state index is 0.122. The standard InChI is InChI=1S/C27H37NO4/c1-18-7-6-10-20-15-22-23(24(29)26(18,20)2)21(25(30)32-22)17-28-13-11-27(31,12-14-28)16-19-8-4-3-5-9-19/h3-5,8-10,18,21-24,29,31H,6-7,11-17H2,1-2H3/p+1/t18-,21-,22+,23+,24+,26+/m0/s1. The molecule has 5 rings (SSSR count). The quantitative estimate of drug-likeness (QED) is 0.494. The van der Waals surface area contributed by atoms with Crippen molar-refractivity contribution in [2.75, 3.05) is 19.6 Å². The highest BCUT2D eigenvalue weighted by molar-refractivity contribution is 5.76. The zero-order valence-corrected chi connectivity index (χ0v) is 19.4. The van der Waals surface area contributed by atoms with Crippen LogP contribution in [0.5, 0.6) is 0 Å². The zero-order valence-electron chi connectivity index (χ0n) is 19.4. The molecule has 0 aromatic heterocycles. The summed E-state index contributed by atoms with van der Waals surface area (Å²) in [4.78, 5) is 14.3. The highest BCUT2D eigenvalue weighted by Gasteiger charge is 2.60. The first-order chi connectivity index (χ1) is 15.3. The average molecular weight is 441 g/mol. The van der Waals surface area contributed by atoms with Crippen molar-refractivity contribution >= 4 is 5.97 Å². The Morgan fingerprint density at radius 2 is 1.91 bits per heavy atom. The van der Waals surface area contributed by atoms with Gasteiger partial charge in [-0.1, -0.05) is 55.8 Å². The lowest BCUT2D eigenvalue weighted by atomic mass is 9.55. The van der Waals surface area contributed by atoms with E-state index in [0.29, 0.717) is 18.9 Å². The van der Waals surface area contributed by atoms with E-state index in [1.165, 1.54) is 16.0 Å². The molecular formula is C27H38NO4+. The highest BCUT2D eigenvalue weighted by Crippen LogP contribution is 2.55. The number of hydrogen-bond donors (Lipinski definition) is 3. The molecule has 2 aliphatic heterocycles. The van der Waals surface area contributed by atoms with E-state index in [4.69, 9.17) is 4.74 Å². The van der Waals surface area contributed by atoms with E-state index in [1.54, 1.807) is 0 Å².